The minimum absolute atomic E-state index is 0. The van der Waals surface area contributed by atoms with Crippen LogP contribution in [-0.2, 0) is 19.5 Å². The van der Waals surface area contributed by atoms with Crippen molar-refractivity contribution in [3.05, 3.63) is 34.7 Å². The van der Waals surface area contributed by atoms with E-state index in [2.05, 4.69) is 4.98 Å². The average Bonchev–Trinajstić information content (AvgIpc) is 1.69. The van der Waals surface area contributed by atoms with Crippen LogP contribution in [0, 0.1) is 0 Å². The molecule has 8 heavy (non-hydrogen) atoms. The topological polar surface area (TPSA) is 31.2 Å². The van der Waals surface area contributed by atoms with Gasteiger partial charge in [-0.2, -0.15) is 6.20 Å². The quantitative estimate of drug-likeness (QED) is 0.490. The molecule has 1 aromatic heterocycles. The van der Waals surface area contributed by atoms with Crippen molar-refractivity contribution >= 4 is 0 Å². The molecule has 0 saturated heterocycles. The number of rotatable bonds is 0. The molecular weight excluding hydrogens is 155 g/mol. The first kappa shape index (κ1) is 7.57. The first-order valence-corrected chi connectivity index (χ1v) is 1.97. The van der Waals surface area contributed by atoms with Gasteiger partial charge in [-0.05, 0) is 6.07 Å². The van der Waals surface area contributed by atoms with Crippen LogP contribution in [0.25, 0.3) is 0 Å². The Morgan fingerprint density at radius 3 is 2.38 bits per heavy atom. The zero-order chi connectivity index (χ0) is 5.11. The van der Waals surface area contributed by atoms with Crippen LogP contribution in [0.5, 0.6) is 0 Å². The van der Waals surface area contributed by atoms with Gasteiger partial charge in [0, 0.05) is 0 Å². The summed E-state index contributed by atoms with van der Waals surface area (Å²) < 4.78 is 0. The van der Waals surface area contributed by atoms with Gasteiger partial charge in [0.25, 0.3) is 0 Å². The number of hydrogen-bond donors (Lipinski definition) is 0. The van der Waals surface area contributed by atoms with Gasteiger partial charge >= 0.3 is 19.5 Å². The van der Waals surface area contributed by atoms with E-state index in [-0.39, 0.29) is 25.0 Å². The fourth-order valence-corrected chi connectivity index (χ4v) is 0.347. The third-order valence-corrected chi connectivity index (χ3v) is 0.638. The summed E-state index contributed by atoms with van der Waals surface area (Å²) in [5.74, 6) is 0. The summed E-state index contributed by atoms with van der Waals surface area (Å²) in [7, 11) is 0. The van der Waals surface area contributed by atoms with Crippen LogP contribution < -0.4 is 10.5 Å². The average molecular weight is 160 g/mol. The molecule has 0 saturated carbocycles. The van der Waals surface area contributed by atoms with E-state index in [9.17, 15) is 4.79 Å². The molecule has 0 atom stereocenters. The molecule has 0 aliphatic rings. The molecule has 0 fully saturated rings. The molecule has 1 rings (SSSR count). The Bertz CT molecular complexity index is 178. The Balaban J connectivity index is 0.000000490. The van der Waals surface area contributed by atoms with Crippen molar-refractivity contribution < 1.29 is 19.5 Å². The van der Waals surface area contributed by atoms with Gasteiger partial charge in [-0.1, -0.05) is 12.1 Å². The molecule has 2 nitrogen and oxygen atoms in total. The number of aromatic nitrogens is 1. The van der Waals surface area contributed by atoms with Crippen LogP contribution in [-0.4, -0.2) is 0 Å². The van der Waals surface area contributed by atoms with Crippen LogP contribution in [0.4, 0.5) is 0 Å². The van der Waals surface area contributed by atoms with Gasteiger partial charge in [-0.15, -0.1) is 0 Å². The van der Waals surface area contributed by atoms with Gasteiger partial charge in [-0.3, -0.25) is 0 Å². The summed E-state index contributed by atoms with van der Waals surface area (Å²) in [6, 6.07) is 4.79. The first-order chi connectivity index (χ1) is 3.39. The van der Waals surface area contributed by atoms with Gasteiger partial charge < -0.3 is 9.78 Å². The molecule has 0 aliphatic carbocycles. The molecule has 0 aromatic carbocycles. The summed E-state index contributed by atoms with van der Waals surface area (Å²) in [6.07, 6.45) is 1.47. The molecular formula is C5H5NOZn. The molecule has 0 aliphatic heterocycles. The Labute approximate surface area is 59.7 Å². The Kier molecular flexibility index (Phi) is 3.37. The fourth-order valence-electron chi connectivity index (χ4n) is 0.347. The van der Waals surface area contributed by atoms with Crippen LogP contribution in [0.3, 0.4) is 0 Å². The van der Waals surface area contributed by atoms with E-state index < -0.39 is 0 Å². The van der Waals surface area contributed by atoms with Crippen LogP contribution in [0.2, 0.25) is 0 Å². The molecule has 1 aromatic rings. The Morgan fingerprint density at radius 2 is 2.12 bits per heavy atom. The minimum atomic E-state index is -0.178. The second-order valence-corrected chi connectivity index (χ2v) is 1.17. The number of nitrogens with zero attached hydrogens (tertiary/aromatic N) is 1. The molecule has 0 spiro atoms. The van der Waals surface area contributed by atoms with Crippen LogP contribution in [0.1, 0.15) is 0 Å². The molecule has 0 N–H and O–H groups in total. The van der Waals surface area contributed by atoms with Crippen molar-refractivity contribution in [2.24, 2.45) is 0 Å². The second-order valence-electron chi connectivity index (χ2n) is 1.17. The van der Waals surface area contributed by atoms with Crippen molar-refractivity contribution in [1.82, 2.24) is 4.98 Å². The summed E-state index contributed by atoms with van der Waals surface area (Å²) >= 11 is 0. The van der Waals surface area contributed by atoms with Crippen LogP contribution >= 0.6 is 0 Å². The van der Waals surface area contributed by atoms with E-state index in [0.29, 0.717) is 0 Å². The van der Waals surface area contributed by atoms with Gasteiger partial charge in [-0.25, -0.2) is 0 Å². The van der Waals surface area contributed by atoms with Crippen molar-refractivity contribution in [3.63, 3.8) is 0 Å². The number of hydrogen-bond acceptors (Lipinski definition) is 1. The summed E-state index contributed by atoms with van der Waals surface area (Å²) in [5, 5.41) is 0. The maximum atomic E-state index is 10.2. The summed E-state index contributed by atoms with van der Waals surface area (Å²) in [6.45, 7) is 0. The van der Waals surface area contributed by atoms with E-state index in [1.807, 2.05) is 0 Å². The van der Waals surface area contributed by atoms with E-state index in [1.165, 1.54) is 12.3 Å². The molecule has 3 heteroatoms. The molecule has 1 radical (unpaired) electrons. The Hall–Kier alpha value is -0.427. The third kappa shape index (κ3) is 2.03. The standard InChI is InChI=1S/C5H5NO.Zn.H/c7-5-3-1-2-4-6-5;;/h1-4H,(H,6,7);;/q;+1;/p-1. The van der Waals surface area contributed by atoms with Gasteiger partial charge in [0.05, 0.1) is 5.56 Å². The van der Waals surface area contributed by atoms with E-state index in [4.69, 9.17) is 0 Å². The fraction of sp³-hybridized carbons (Fsp3) is 0. The van der Waals surface area contributed by atoms with Crippen molar-refractivity contribution in [2.75, 3.05) is 0 Å². The van der Waals surface area contributed by atoms with Gasteiger partial charge in [0.2, 0.25) is 0 Å². The maximum absolute atomic E-state index is 10.2. The normalized spacial score (nSPS) is 7.50. The van der Waals surface area contributed by atoms with Crippen molar-refractivity contribution in [1.29, 1.82) is 0 Å². The molecule has 1 heterocycles. The molecule has 0 unspecified atom stereocenters. The molecule has 0 amide bonds. The van der Waals surface area contributed by atoms with E-state index in [0.717, 1.165) is 0 Å². The summed E-state index contributed by atoms with van der Waals surface area (Å²) in [4.78, 5) is 13.6. The predicted octanol–water partition coefficient (Wildman–Crippen LogP) is -0.266. The van der Waals surface area contributed by atoms with Crippen molar-refractivity contribution in [3.8, 4) is 0 Å². The van der Waals surface area contributed by atoms with Gasteiger partial charge in [0.1, 0.15) is 0 Å². The predicted molar refractivity (Wildman–Crippen MR) is 27.4 cm³/mol. The zero-order valence-corrected chi connectivity index (χ0v) is 8.86. The summed E-state index contributed by atoms with van der Waals surface area (Å²) in [5.41, 5.74) is -0.178. The SMILES string of the molecule is O=c1cccc[n-]1.[ZnH+]. The first-order valence-electron chi connectivity index (χ1n) is 1.97. The number of pyridine rings is 1. The van der Waals surface area contributed by atoms with E-state index in [1.54, 1.807) is 12.1 Å². The molecule has 0 bridgehead atoms. The molecule has 38 valence electrons. The third-order valence-electron chi connectivity index (χ3n) is 0.638. The monoisotopic (exact) mass is 159 g/mol. The zero-order valence-electron chi connectivity index (χ0n) is 4.66. The Morgan fingerprint density at radius 1 is 1.38 bits per heavy atom. The van der Waals surface area contributed by atoms with Gasteiger partial charge in [0.15, 0.2) is 0 Å². The van der Waals surface area contributed by atoms with Crippen molar-refractivity contribution in [2.45, 2.75) is 0 Å². The van der Waals surface area contributed by atoms with Crippen LogP contribution in [0.15, 0.2) is 29.2 Å². The second kappa shape index (κ2) is 3.56. The van der Waals surface area contributed by atoms with E-state index >= 15 is 0 Å².